The maximum absolute atomic E-state index is 3.40. The van der Waals surface area contributed by atoms with Crippen LogP contribution in [0.15, 0.2) is 29.2 Å². The second-order valence-corrected chi connectivity index (χ2v) is 6.30. The van der Waals surface area contributed by atoms with Crippen molar-refractivity contribution in [3.8, 4) is 0 Å². The zero-order valence-electron chi connectivity index (χ0n) is 10.8. The van der Waals surface area contributed by atoms with E-state index < -0.39 is 0 Å². The highest BCUT2D eigenvalue weighted by molar-refractivity contribution is 8.00. The van der Waals surface area contributed by atoms with Crippen LogP contribution in [0.25, 0.3) is 0 Å². The first kappa shape index (κ1) is 12.9. The lowest BCUT2D eigenvalue weighted by molar-refractivity contribution is 0.244. The molecule has 0 radical (unpaired) electrons. The Morgan fingerprint density at radius 1 is 1.24 bits per heavy atom. The molecule has 1 saturated heterocycles. The van der Waals surface area contributed by atoms with Crippen LogP contribution in [-0.4, -0.2) is 42.9 Å². The van der Waals surface area contributed by atoms with Gasteiger partial charge in [0.2, 0.25) is 0 Å². The molecule has 1 aromatic carbocycles. The predicted molar refractivity (Wildman–Crippen MR) is 75.8 cm³/mol. The lowest BCUT2D eigenvalue weighted by atomic mass is 10.2. The van der Waals surface area contributed by atoms with E-state index in [1.54, 1.807) is 0 Å². The molecule has 1 aliphatic rings. The fourth-order valence-corrected chi connectivity index (χ4v) is 3.19. The predicted octanol–water partition coefficient (Wildman–Crippen LogP) is 2.38. The minimum Gasteiger partial charge on any atom is -0.314 e. The molecule has 17 heavy (non-hydrogen) atoms. The van der Waals surface area contributed by atoms with Gasteiger partial charge in [-0.05, 0) is 19.1 Å². The van der Waals surface area contributed by atoms with E-state index in [1.165, 1.54) is 30.1 Å². The van der Waals surface area contributed by atoms with Gasteiger partial charge in [0.15, 0.2) is 0 Å². The minimum absolute atomic E-state index is 0.663. The topological polar surface area (TPSA) is 15.3 Å². The molecule has 2 rings (SSSR count). The van der Waals surface area contributed by atoms with Crippen LogP contribution in [0, 0.1) is 6.92 Å². The molecule has 0 aliphatic carbocycles. The third kappa shape index (κ3) is 4.34. The van der Waals surface area contributed by atoms with Crippen molar-refractivity contribution in [3.05, 3.63) is 29.8 Å². The Labute approximate surface area is 109 Å². The first-order chi connectivity index (χ1) is 8.24. The Bertz CT molecular complexity index is 331. The molecule has 1 fully saturated rings. The van der Waals surface area contributed by atoms with Crippen molar-refractivity contribution in [1.82, 2.24) is 10.2 Å². The van der Waals surface area contributed by atoms with Gasteiger partial charge < -0.3 is 5.32 Å². The Morgan fingerprint density at radius 2 is 1.88 bits per heavy atom. The standard InChI is InChI=1S/C14H22N2S/c1-12-3-5-14(6-4-12)17-13(2)11-16-9-7-15-8-10-16/h3-6,13,15H,7-11H2,1-2H3. The summed E-state index contributed by atoms with van der Waals surface area (Å²) >= 11 is 1.98. The molecule has 2 nitrogen and oxygen atoms in total. The summed E-state index contributed by atoms with van der Waals surface area (Å²) in [6, 6.07) is 8.85. The van der Waals surface area contributed by atoms with Crippen molar-refractivity contribution < 1.29 is 0 Å². The minimum atomic E-state index is 0.663. The molecule has 0 bridgehead atoms. The van der Waals surface area contributed by atoms with Crippen molar-refractivity contribution in [2.45, 2.75) is 24.0 Å². The van der Waals surface area contributed by atoms with Gasteiger partial charge in [-0.25, -0.2) is 0 Å². The molecular weight excluding hydrogens is 228 g/mol. The molecule has 1 heterocycles. The van der Waals surface area contributed by atoms with Crippen LogP contribution < -0.4 is 5.32 Å². The van der Waals surface area contributed by atoms with Crippen molar-refractivity contribution >= 4 is 11.8 Å². The molecule has 3 heteroatoms. The third-order valence-electron chi connectivity index (χ3n) is 3.08. The molecule has 0 saturated carbocycles. The van der Waals surface area contributed by atoms with Gasteiger partial charge in [-0.3, -0.25) is 4.90 Å². The lowest BCUT2D eigenvalue weighted by Crippen LogP contribution is -2.45. The van der Waals surface area contributed by atoms with Crippen molar-refractivity contribution in [3.63, 3.8) is 0 Å². The van der Waals surface area contributed by atoms with Crippen LogP contribution in [-0.2, 0) is 0 Å². The SMILES string of the molecule is Cc1ccc(SC(C)CN2CCNCC2)cc1. The van der Waals surface area contributed by atoms with Gasteiger partial charge in [0.05, 0.1) is 0 Å². The van der Waals surface area contributed by atoms with Gasteiger partial charge in [0.1, 0.15) is 0 Å². The summed E-state index contributed by atoms with van der Waals surface area (Å²) in [5, 5.41) is 4.06. The molecule has 1 aliphatic heterocycles. The smallest absolute Gasteiger partial charge is 0.0194 e. The van der Waals surface area contributed by atoms with Gasteiger partial charge in [-0.1, -0.05) is 24.6 Å². The summed E-state index contributed by atoms with van der Waals surface area (Å²) in [4.78, 5) is 3.95. The number of hydrogen-bond acceptors (Lipinski definition) is 3. The summed E-state index contributed by atoms with van der Waals surface area (Å²) in [6.45, 7) is 10.3. The fraction of sp³-hybridized carbons (Fsp3) is 0.571. The lowest BCUT2D eigenvalue weighted by Gasteiger charge is -2.29. The van der Waals surface area contributed by atoms with Crippen molar-refractivity contribution in [2.75, 3.05) is 32.7 Å². The van der Waals surface area contributed by atoms with E-state index in [0.717, 1.165) is 13.1 Å². The van der Waals surface area contributed by atoms with Crippen LogP contribution in [0.5, 0.6) is 0 Å². The van der Waals surface area contributed by atoms with E-state index in [-0.39, 0.29) is 0 Å². The summed E-state index contributed by atoms with van der Waals surface area (Å²) in [6.07, 6.45) is 0. The van der Waals surface area contributed by atoms with Crippen LogP contribution in [0.4, 0.5) is 0 Å². The highest BCUT2D eigenvalue weighted by Crippen LogP contribution is 2.24. The van der Waals surface area contributed by atoms with E-state index in [4.69, 9.17) is 0 Å². The largest absolute Gasteiger partial charge is 0.314 e. The van der Waals surface area contributed by atoms with E-state index >= 15 is 0 Å². The van der Waals surface area contributed by atoms with Crippen LogP contribution in [0.3, 0.4) is 0 Å². The Balaban J connectivity index is 1.79. The Morgan fingerprint density at radius 3 is 2.53 bits per heavy atom. The molecule has 1 unspecified atom stereocenters. The summed E-state index contributed by atoms with van der Waals surface area (Å²) in [7, 11) is 0. The third-order valence-corrected chi connectivity index (χ3v) is 4.18. The number of nitrogens with zero attached hydrogens (tertiary/aromatic N) is 1. The number of benzene rings is 1. The van der Waals surface area contributed by atoms with E-state index in [0.29, 0.717) is 5.25 Å². The van der Waals surface area contributed by atoms with Gasteiger partial charge in [-0.15, -0.1) is 11.8 Å². The van der Waals surface area contributed by atoms with Crippen molar-refractivity contribution in [2.24, 2.45) is 0 Å². The number of piperazine rings is 1. The average molecular weight is 250 g/mol. The van der Waals surface area contributed by atoms with Crippen LogP contribution in [0.2, 0.25) is 0 Å². The monoisotopic (exact) mass is 250 g/mol. The highest BCUT2D eigenvalue weighted by Gasteiger charge is 2.13. The highest BCUT2D eigenvalue weighted by atomic mass is 32.2. The van der Waals surface area contributed by atoms with Crippen LogP contribution >= 0.6 is 11.8 Å². The van der Waals surface area contributed by atoms with E-state index in [2.05, 4.69) is 48.3 Å². The van der Waals surface area contributed by atoms with E-state index in [1.807, 2.05) is 11.8 Å². The van der Waals surface area contributed by atoms with Gasteiger partial charge in [-0.2, -0.15) is 0 Å². The maximum Gasteiger partial charge on any atom is 0.0194 e. The summed E-state index contributed by atoms with van der Waals surface area (Å²) in [5.74, 6) is 0. The van der Waals surface area contributed by atoms with Gasteiger partial charge in [0.25, 0.3) is 0 Å². The zero-order valence-corrected chi connectivity index (χ0v) is 11.6. The molecule has 1 aromatic rings. The van der Waals surface area contributed by atoms with Gasteiger partial charge >= 0.3 is 0 Å². The second kappa shape index (κ2) is 6.43. The summed E-state index contributed by atoms with van der Waals surface area (Å²) in [5.41, 5.74) is 1.34. The fourth-order valence-electron chi connectivity index (χ4n) is 2.14. The average Bonchev–Trinajstić information content (AvgIpc) is 2.33. The zero-order chi connectivity index (χ0) is 12.1. The first-order valence-corrected chi connectivity index (χ1v) is 7.28. The molecule has 0 amide bonds. The van der Waals surface area contributed by atoms with Gasteiger partial charge in [0, 0.05) is 42.9 Å². The van der Waals surface area contributed by atoms with Crippen molar-refractivity contribution in [1.29, 1.82) is 0 Å². The first-order valence-electron chi connectivity index (χ1n) is 6.40. The Hall–Kier alpha value is -0.510. The van der Waals surface area contributed by atoms with Crippen LogP contribution in [0.1, 0.15) is 12.5 Å². The number of thioether (sulfide) groups is 1. The molecule has 0 aromatic heterocycles. The second-order valence-electron chi connectivity index (χ2n) is 4.79. The maximum atomic E-state index is 3.40. The number of hydrogen-bond donors (Lipinski definition) is 1. The molecule has 0 spiro atoms. The quantitative estimate of drug-likeness (QED) is 0.826. The Kier molecular flexibility index (Phi) is 4.89. The molecule has 94 valence electrons. The summed E-state index contributed by atoms with van der Waals surface area (Å²) < 4.78 is 0. The molecule has 1 N–H and O–H groups in total. The van der Waals surface area contributed by atoms with E-state index in [9.17, 15) is 0 Å². The molecular formula is C14H22N2S. The number of rotatable bonds is 4. The number of nitrogens with one attached hydrogen (secondary N) is 1. The molecule has 1 atom stereocenters. The number of aryl methyl sites for hydroxylation is 1. The normalized spacial score (nSPS) is 19.2.